The van der Waals surface area contributed by atoms with Crippen molar-refractivity contribution < 1.29 is 0 Å². The SMILES string of the molecule is [CH2]CC(P)(CC)CC. The van der Waals surface area contributed by atoms with Crippen molar-refractivity contribution in [1.82, 2.24) is 0 Å². The summed E-state index contributed by atoms with van der Waals surface area (Å²) < 4.78 is 0. The van der Waals surface area contributed by atoms with E-state index >= 15 is 0 Å². The third-order valence-electron chi connectivity index (χ3n) is 1.91. The molecule has 0 spiro atoms. The molecule has 0 N–H and O–H groups in total. The molecule has 0 aliphatic heterocycles. The Balaban J connectivity index is 3.58. The van der Waals surface area contributed by atoms with Gasteiger partial charge in [0.15, 0.2) is 0 Å². The van der Waals surface area contributed by atoms with Crippen LogP contribution in [0.25, 0.3) is 0 Å². The minimum Gasteiger partial charge on any atom is -0.131 e. The van der Waals surface area contributed by atoms with Gasteiger partial charge in [0.05, 0.1) is 0 Å². The molecule has 49 valence electrons. The van der Waals surface area contributed by atoms with Gasteiger partial charge in [-0.2, -0.15) is 0 Å². The van der Waals surface area contributed by atoms with Gasteiger partial charge in [-0.1, -0.05) is 20.8 Å². The third kappa shape index (κ3) is 2.13. The highest BCUT2D eigenvalue weighted by Crippen LogP contribution is 2.29. The molecule has 1 unspecified atom stereocenters. The molecule has 0 rings (SSSR count). The molecule has 0 nitrogen and oxygen atoms in total. The normalized spacial score (nSPS) is 12.0. The Kier molecular flexibility index (Phi) is 3.64. The summed E-state index contributed by atoms with van der Waals surface area (Å²) in [7, 11) is 2.88. The van der Waals surface area contributed by atoms with Gasteiger partial charge in [0, 0.05) is 0 Å². The molecule has 0 aliphatic rings. The first-order valence-corrected chi connectivity index (χ1v) is 3.84. The highest BCUT2D eigenvalue weighted by atomic mass is 31.0. The van der Waals surface area contributed by atoms with E-state index in [1.54, 1.807) is 0 Å². The van der Waals surface area contributed by atoms with Crippen molar-refractivity contribution in [1.29, 1.82) is 0 Å². The maximum absolute atomic E-state index is 3.88. The second kappa shape index (κ2) is 3.45. The largest absolute Gasteiger partial charge is 0.131 e. The van der Waals surface area contributed by atoms with E-state index in [9.17, 15) is 0 Å². The summed E-state index contributed by atoms with van der Waals surface area (Å²) in [6, 6.07) is 0. The van der Waals surface area contributed by atoms with Crippen molar-refractivity contribution in [3.05, 3.63) is 6.92 Å². The van der Waals surface area contributed by atoms with Gasteiger partial charge in [0.25, 0.3) is 0 Å². The Labute approximate surface area is 55.3 Å². The second-order valence-electron chi connectivity index (χ2n) is 2.32. The Morgan fingerprint density at radius 1 is 1.38 bits per heavy atom. The molecule has 1 heteroatoms. The topological polar surface area (TPSA) is 0 Å². The summed E-state index contributed by atoms with van der Waals surface area (Å²) in [5.41, 5.74) is 0. The maximum atomic E-state index is 3.88. The van der Waals surface area contributed by atoms with Crippen LogP contribution in [-0.4, -0.2) is 5.16 Å². The van der Waals surface area contributed by atoms with Gasteiger partial charge < -0.3 is 0 Å². The van der Waals surface area contributed by atoms with Gasteiger partial charge in [-0.25, -0.2) is 0 Å². The first-order valence-electron chi connectivity index (χ1n) is 3.26. The van der Waals surface area contributed by atoms with Crippen molar-refractivity contribution in [2.45, 2.75) is 38.3 Å². The molecule has 0 heterocycles. The van der Waals surface area contributed by atoms with E-state index in [1.165, 1.54) is 12.8 Å². The Morgan fingerprint density at radius 2 is 1.75 bits per heavy atom. The molecular formula is C7H16P. The smallest absolute Gasteiger partial charge is 0.0155 e. The standard InChI is InChI=1S/C7H16P/c1-4-7(8,5-2)6-3/h1,4-6,8H2,2-3H3. The molecule has 1 radical (unpaired) electrons. The molecule has 0 aliphatic carbocycles. The maximum Gasteiger partial charge on any atom is -0.0155 e. The van der Waals surface area contributed by atoms with Crippen molar-refractivity contribution in [2.75, 3.05) is 0 Å². The predicted molar refractivity (Wildman–Crippen MR) is 43.0 cm³/mol. The lowest BCUT2D eigenvalue weighted by Gasteiger charge is -2.23. The zero-order valence-corrected chi connectivity index (χ0v) is 7.06. The molecule has 0 saturated carbocycles. The van der Waals surface area contributed by atoms with E-state index in [0.29, 0.717) is 5.16 Å². The zero-order valence-electron chi connectivity index (χ0n) is 5.91. The fourth-order valence-electron chi connectivity index (χ4n) is 0.604. The first kappa shape index (κ1) is 8.43. The molecule has 0 fully saturated rings. The summed E-state index contributed by atoms with van der Waals surface area (Å²) in [4.78, 5) is 0. The summed E-state index contributed by atoms with van der Waals surface area (Å²) >= 11 is 0. The van der Waals surface area contributed by atoms with Crippen LogP contribution < -0.4 is 0 Å². The molecule has 1 atom stereocenters. The molecule has 8 heavy (non-hydrogen) atoms. The summed E-state index contributed by atoms with van der Waals surface area (Å²) in [6.07, 6.45) is 3.47. The van der Waals surface area contributed by atoms with E-state index in [-0.39, 0.29) is 0 Å². The average molecular weight is 131 g/mol. The summed E-state index contributed by atoms with van der Waals surface area (Å²) in [5, 5.41) is 0.431. The van der Waals surface area contributed by atoms with Gasteiger partial charge >= 0.3 is 0 Å². The predicted octanol–water partition coefficient (Wildman–Crippen LogP) is 2.64. The fourth-order valence-corrected chi connectivity index (χ4v) is 0.604. The summed E-state index contributed by atoms with van der Waals surface area (Å²) in [6.45, 7) is 8.30. The van der Waals surface area contributed by atoms with E-state index in [0.717, 1.165) is 6.42 Å². The quantitative estimate of drug-likeness (QED) is 0.516. The van der Waals surface area contributed by atoms with Crippen molar-refractivity contribution >= 4 is 9.24 Å². The molecular weight excluding hydrogens is 115 g/mol. The molecule has 0 aromatic carbocycles. The first-order chi connectivity index (χ1) is 3.68. The van der Waals surface area contributed by atoms with Crippen LogP contribution in [0.2, 0.25) is 0 Å². The lowest BCUT2D eigenvalue weighted by molar-refractivity contribution is 0.553. The minimum atomic E-state index is 0.431. The number of hydrogen-bond acceptors (Lipinski definition) is 0. The van der Waals surface area contributed by atoms with E-state index in [4.69, 9.17) is 0 Å². The van der Waals surface area contributed by atoms with Crippen LogP contribution in [0, 0.1) is 6.92 Å². The molecule has 0 saturated heterocycles. The average Bonchev–Trinajstić information content (AvgIpc) is 1.87. The van der Waals surface area contributed by atoms with Gasteiger partial charge in [-0.05, 0) is 24.4 Å². The molecule has 0 bridgehead atoms. The highest BCUT2D eigenvalue weighted by molar-refractivity contribution is 7.19. The monoisotopic (exact) mass is 131 g/mol. The number of hydrogen-bond donors (Lipinski definition) is 0. The van der Waals surface area contributed by atoms with Crippen LogP contribution >= 0.6 is 9.24 Å². The van der Waals surface area contributed by atoms with Gasteiger partial charge in [0.1, 0.15) is 0 Å². The van der Waals surface area contributed by atoms with Crippen LogP contribution in [-0.2, 0) is 0 Å². The Hall–Kier alpha value is 0.430. The van der Waals surface area contributed by atoms with Crippen molar-refractivity contribution in [3.63, 3.8) is 0 Å². The van der Waals surface area contributed by atoms with Crippen molar-refractivity contribution in [3.8, 4) is 0 Å². The van der Waals surface area contributed by atoms with Crippen LogP contribution in [0.3, 0.4) is 0 Å². The molecule has 0 amide bonds. The molecule has 0 aromatic rings. The van der Waals surface area contributed by atoms with E-state index < -0.39 is 0 Å². The van der Waals surface area contributed by atoms with Gasteiger partial charge in [-0.3, -0.25) is 0 Å². The Bertz CT molecular complexity index is 47.1. The van der Waals surface area contributed by atoms with Crippen LogP contribution in [0.4, 0.5) is 0 Å². The highest BCUT2D eigenvalue weighted by Gasteiger charge is 2.15. The fraction of sp³-hybridized carbons (Fsp3) is 0.857. The summed E-state index contributed by atoms with van der Waals surface area (Å²) in [5.74, 6) is 0. The molecule has 0 aromatic heterocycles. The van der Waals surface area contributed by atoms with Crippen LogP contribution in [0.15, 0.2) is 0 Å². The Morgan fingerprint density at radius 3 is 1.75 bits per heavy atom. The van der Waals surface area contributed by atoms with Gasteiger partial charge in [0.2, 0.25) is 0 Å². The third-order valence-corrected chi connectivity index (χ3v) is 3.01. The second-order valence-corrected chi connectivity index (χ2v) is 3.54. The van der Waals surface area contributed by atoms with Crippen molar-refractivity contribution in [2.24, 2.45) is 0 Å². The van der Waals surface area contributed by atoms with E-state index in [2.05, 4.69) is 30.0 Å². The van der Waals surface area contributed by atoms with Gasteiger partial charge in [-0.15, -0.1) is 9.24 Å². The lowest BCUT2D eigenvalue weighted by Crippen LogP contribution is -2.15. The minimum absolute atomic E-state index is 0.431. The number of rotatable bonds is 3. The lowest BCUT2D eigenvalue weighted by atomic mass is 9.99. The zero-order chi connectivity index (χ0) is 6.62. The van der Waals surface area contributed by atoms with Crippen LogP contribution in [0.1, 0.15) is 33.1 Å². The van der Waals surface area contributed by atoms with E-state index in [1.807, 2.05) is 0 Å². The van der Waals surface area contributed by atoms with Crippen LogP contribution in [0.5, 0.6) is 0 Å².